The largest absolute Gasteiger partial charge is 0.494 e. The lowest BCUT2D eigenvalue weighted by Gasteiger charge is -2.36. The highest BCUT2D eigenvalue weighted by Gasteiger charge is 2.20. The third-order valence-corrected chi connectivity index (χ3v) is 7.27. The van der Waals surface area contributed by atoms with Crippen LogP contribution in [0.3, 0.4) is 0 Å². The van der Waals surface area contributed by atoms with E-state index in [1.54, 1.807) is 12.1 Å². The first kappa shape index (κ1) is 25.4. The van der Waals surface area contributed by atoms with E-state index in [-0.39, 0.29) is 11.1 Å². The second-order valence-corrected chi connectivity index (χ2v) is 9.61. The number of pyridine rings is 1. The number of carbonyl (C=O) groups is 1. The molecule has 0 amide bonds. The minimum absolute atomic E-state index is 0.246. The Morgan fingerprint density at radius 2 is 1.89 bits per heavy atom. The maximum absolute atomic E-state index is 12.3. The highest BCUT2D eigenvalue weighted by atomic mass is 35.5. The molecule has 9 heteroatoms. The van der Waals surface area contributed by atoms with Crippen LogP contribution >= 0.6 is 23.2 Å². The van der Waals surface area contributed by atoms with Crippen LogP contribution in [0.5, 0.6) is 5.75 Å². The summed E-state index contributed by atoms with van der Waals surface area (Å²) in [6.07, 6.45) is 1.95. The molecule has 0 saturated carbocycles. The van der Waals surface area contributed by atoms with Gasteiger partial charge in [-0.25, -0.2) is 0 Å². The molecular weight excluding hydrogens is 489 g/mol. The molecule has 186 valence electrons. The molecule has 1 aromatic heterocycles. The van der Waals surface area contributed by atoms with E-state index in [1.807, 2.05) is 30.3 Å². The summed E-state index contributed by atoms with van der Waals surface area (Å²) in [7, 11) is 0. The number of rotatable bonds is 9. The van der Waals surface area contributed by atoms with Crippen molar-refractivity contribution in [2.45, 2.75) is 25.7 Å². The van der Waals surface area contributed by atoms with Gasteiger partial charge in [-0.3, -0.25) is 14.5 Å². The van der Waals surface area contributed by atoms with Gasteiger partial charge in [-0.1, -0.05) is 29.3 Å². The molecule has 1 saturated heterocycles. The van der Waals surface area contributed by atoms with Crippen molar-refractivity contribution in [1.29, 1.82) is 0 Å². The molecule has 1 fully saturated rings. The van der Waals surface area contributed by atoms with E-state index in [1.165, 1.54) is 6.92 Å². The van der Waals surface area contributed by atoms with E-state index in [0.717, 1.165) is 56.6 Å². The number of nitrogens with zero attached hydrogens (tertiary/aromatic N) is 2. The van der Waals surface area contributed by atoms with Gasteiger partial charge < -0.3 is 19.7 Å². The van der Waals surface area contributed by atoms with Crippen molar-refractivity contribution in [2.75, 3.05) is 44.2 Å². The second kappa shape index (κ2) is 11.3. The van der Waals surface area contributed by atoms with E-state index >= 15 is 0 Å². The Bertz CT molecular complexity index is 1260. The smallest absolute Gasteiger partial charge is 0.310 e. The third kappa shape index (κ3) is 6.10. The molecule has 2 aromatic carbocycles. The fraction of sp³-hybridized carbons (Fsp3) is 0.385. The van der Waals surface area contributed by atoms with Crippen molar-refractivity contribution in [3.63, 3.8) is 0 Å². The molecule has 3 aromatic rings. The number of aromatic nitrogens is 1. The Hall–Kier alpha value is -2.74. The van der Waals surface area contributed by atoms with Gasteiger partial charge in [0.15, 0.2) is 0 Å². The summed E-state index contributed by atoms with van der Waals surface area (Å²) >= 11 is 12.5. The molecule has 1 aliphatic rings. The Morgan fingerprint density at radius 3 is 2.63 bits per heavy atom. The Morgan fingerprint density at radius 1 is 1.11 bits per heavy atom. The van der Waals surface area contributed by atoms with Crippen LogP contribution in [0.1, 0.15) is 31.2 Å². The molecule has 35 heavy (non-hydrogen) atoms. The number of piperazine rings is 1. The molecule has 2 N–H and O–H groups in total. The van der Waals surface area contributed by atoms with E-state index in [0.29, 0.717) is 27.9 Å². The number of halogens is 2. The Kier molecular flexibility index (Phi) is 8.21. The van der Waals surface area contributed by atoms with Crippen molar-refractivity contribution in [3.05, 3.63) is 68.4 Å². The average Bonchev–Trinajstić information content (AvgIpc) is 2.85. The van der Waals surface area contributed by atoms with E-state index in [4.69, 9.17) is 27.9 Å². The molecule has 0 aliphatic carbocycles. The summed E-state index contributed by atoms with van der Waals surface area (Å²) in [4.78, 5) is 31.0. The first-order valence-corrected chi connectivity index (χ1v) is 12.5. The molecule has 1 aliphatic heterocycles. The number of hydrogen-bond acceptors (Lipinski definition) is 5. The van der Waals surface area contributed by atoms with Gasteiger partial charge in [0.05, 0.1) is 33.8 Å². The number of unbranched alkanes of at least 4 members (excludes halogenated alkanes) is 1. The molecule has 0 radical (unpaired) electrons. The summed E-state index contributed by atoms with van der Waals surface area (Å²) < 4.78 is 5.89. The lowest BCUT2D eigenvalue weighted by Crippen LogP contribution is -2.46. The predicted octanol–water partition coefficient (Wildman–Crippen LogP) is 5.00. The number of benzene rings is 2. The fourth-order valence-corrected chi connectivity index (χ4v) is 4.73. The minimum Gasteiger partial charge on any atom is -0.494 e. The number of anilines is 1. The normalized spacial score (nSPS) is 15.3. The maximum atomic E-state index is 12.3. The van der Waals surface area contributed by atoms with Crippen LogP contribution in [-0.2, 0) is 4.79 Å². The van der Waals surface area contributed by atoms with Gasteiger partial charge in [-0.05, 0) is 62.0 Å². The SMILES string of the molecule is CC(C(=O)O)c1cc2ccc(OCCCCN3CCN(c4cccc(Cl)c4Cl)CC3)cc2[nH]c1=O. The summed E-state index contributed by atoms with van der Waals surface area (Å²) in [5, 5.41) is 11.2. The number of nitrogens with one attached hydrogen (secondary N) is 1. The first-order valence-electron chi connectivity index (χ1n) is 11.8. The van der Waals surface area contributed by atoms with Crippen molar-refractivity contribution >= 4 is 45.8 Å². The number of carboxylic acids is 1. The zero-order chi connectivity index (χ0) is 24.9. The highest BCUT2D eigenvalue weighted by Crippen LogP contribution is 2.33. The van der Waals surface area contributed by atoms with Crippen molar-refractivity contribution in [3.8, 4) is 5.75 Å². The van der Waals surface area contributed by atoms with Gasteiger partial charge in [0.1, 0.15) is 5.75 Å². The highest BCUT2D eigenvalue weighted by molar-refractivity contribution is 6.43. The maximum Gasteiger partial charge on any atom is 0.310 e. The monoisotopic (exact) mass is 517 g/mol. The molecule has 0 spiro atoms. The first-order chi connectivity index (χ1) is 16.8. The molecule has 4 rings (SSSR count). The van der Waals surface area contributed by atoms with Crippen LogP contribution < -0.4 is 15.2 Å². The molecule has 1 unspecified atom stereocenters. The lowest BCUT2D eigenvalue weighted by atomic mass is 10.0. The average molecular weight is 518 g/mol. The number of H-pyrrole nitrogens is 1. The number of fused-ring (bicyclic) bond motifs is 1. The van der Waals surface area contributed by atoms with Gasteiger partial charge in [-0.15, -0.1) is 0 Å². The third-order valence-electron chi connectivity index (χ3n) is 6.46. The second-order valence-electron chi connectivity index (χ2n) is 8.82. The molecule has 7 nitrogen and oxygen atoms in total. The van der Waals surface area contributed by atoms with E-state index < -0.39 is 11.9 Å². The zero-order valence-electron chi connectivity index (χ0n) is 19.6. The minimum atomic E-state index is -1.03. The topological polar surface area (TPSA) is 85.9 Å². The molecule has 2 heterocycles. The van der Waals surface area contributed by atoms with Gasteiger partial charge in [0.2, 0.25) is 0 Å². The zero-order valence-corrected chi connectivity index (χ0v) is 21.1. The summed E-state index contributed by atoms with van der Waals surface area (Å²) in [6, 6.07) is 12.9. The van der Waals surface area contributed by atoms with E-state index in [9.17, 15) is 14.7 Å². The van der Waals surface area contributed by atoms with Crippen LogP contribution in [0.15, 0.2) is 47.3 Å². The summed E-state index contributed by atoms with van der Waals surface area (Å²) in [5.74, 6) is -1.21. The van der Waals surface area contributed by atoms with Crippen molar-refractivity contribution < 1.29 is 14.6 Å². The number of hydrogen-bond donors (Lipinski definition) is 2. The Balaban J connectivity index is 1.22. The van der Waals surface area contributed by atoms with Gasteiger partial charge in [-0.2, -0.15) is 0 Å². The standard InChI is InChI=1S/C26H29Cl2N3O4/c1-17(26(33)34)20-15-18-7-8-19(16-22(18)29-25(20)32)35-14-3-2-9-30-10-12-31(13-11-30)23-6-4-5-21(27)24(23)28/h4-8,15-17H,2-3,9-14H2,1H3,(H,29,32)(H,33,34). The molecule has 0 bridgehead atoms. The van der Waals surface area contributed by atoms with Crippen LogP contribution in [0.2, 0.25) is 10.0 Å². The van der Waals surface area contributed by atoms with Crippen molar-refractivity contribution in [1.82, 2.24) is 9.88 Å². The van der Waals surface area contributed by atoms with Crippen LogP contribution in [-0.4, -0.2) is 60.3 Å². The van der Waals surface area contributed by atoms with Crippen LogP contribution in [0.25, 0.3) is 10.9 Å². The quantitative estimate of drug-likeness (QED) is 0.388. The van der Waals surface area contributed by atoms with E-state index in [2.05, 4.69) is 14.8 Å². The number of ether oxygens (including phenoxy) is 1. The van der Waals surface area contributed by atoms with Gasteiger partial charge in [0.25, 0.3) is 5.56 Å². The van der Waals surface area contributed by atoms with Gasteiger partial charge >= 0.3 is 5.97 Å². The van der Waals surface area contributed by atoms with Gasteiger partial charge in [0, 0.05) is 37.8 Å². The summed E-state index contributed by atoms with van der Waals surface area (Å²) in [6.45, 7) is 6.88. The summed E-state index contributed by atoms with van der Waals surface area (Å²) in [5.41, 5.74) is 1.49. The number of carboxylic acid groups (broad SMARTS) is 1. The fourth-order valence-electron chi connectivity index (χ4n) is 4.32. The molecule has 1 atom stereocenters. The predicted molar refractivity (Wildman–Crippen MR) is 140 cm³/mol. The molecular formula is C26H29Cl2N3O4. The van der Waals surface area contributed by atoms with Crippen molar-refractivity contribution in [2.24, 2.45) is 0 Å². The van der Waals surface area contributed by atoms with Crippen LogP contribution in [0.4, 0.5) is 5.69 Å². The number of aromatic amines is 1. The van der Waals surface area contributed by atoms with Crippen LogP contribution in [0, 0.1) is 0 Å². The Labute approximate surface area is 214 Å². The lowest BCUT2D eigenvalue weighted by molar-refractivity contribution is -0.138. The number of aliphatic carboxylic acids is 1.